The van der Waals surface area contributed by atoms with Crippen LogP contribution >= 0.6 is 0 Å². The van der Waals surface area contributed by atoms with Crippen LogP contribution in [0.5, 0.6) is 0 Å². The van der Waals surface area contributed by atoms with Gasteiger partial charge in [-0.05, 0) is 44.6 Å². The average molecular weight is 372 g/mol. The molecule has 3 rings (SSSR count). The average Bonchev–Trinajstić information content (AvgIpc) is 2.94. The largest absolute Gasteiger partial charge is 0.396 e. The van der Waals surface area contributed by atoms with Gasteiger partial charge < -0.3 is 10.6 Å². The molecular formula is C19H27F3N2O2. The highest BCUT2D eigenvalue weighted by Crippen LogP contribution is 2.48. The molecule has 26 heavy (non-hydrogen) atoms. The fourth-order valence-electron chi connectivity index (χ4n) is 5.07. The number of rotatable bonds is 1. The number of carbonyl (C=O) groups is 2. The summed E-state index contributed by atoms with van der Waals surface area (Å²) in [4.78, 5) is 26.8. The van der Waals surface area contributed by atoms with Crippen LogP contribution in [0, 0.1) is 22.7 Å². The summed E-state index contributed by atoms with van der Waals surface area (Å²) in [5, 5.41) is 0. The van der Waals surface area contributed by atoms with Crippen molar-refractivity contribution in [2.75, 3.05) is 13.1 Å². The summed E-state index contributed by atoms with van der Waals surface area (Å²) in [6, 6.07) is 0. The monoisotopic (exact) mass is 372 g/mol. The SMILES string of the molecule is CC1(C)C[C@@]2(C=C(N)C1=O)CCN(C(=O)[C@H]1CC[C@H](C(F)(F)F)CC1)C2. The molecule has 7 heteroatoms. The Morgan fingerprint density at radius 3 is 2.38 bits per heavy atom. The van der Waals surface area contributed by atoms with Gasteiger partial charge in [0.1, 0.15) is 0 Å². The Morgan fingerprint density at radius 2 is 1.85 bits per heavy atom. The van der Waals surface area contributed by atoms with Crippen molar-refractivity contribution >= 4 is 11.7 Å². The highest BCUT2D eigenvalue weighted by atomic mass is 19.4. The Kier molecular flexibility index (Phi) is 4.64. The van der Waals surface area contributed by atoms with Crippen LogP contribution < -0.4 is 5.73 Å². The molecule has 1 aliphatic heterocycles. The Balaban J connectivity index is 1.65. The fraction of sp³-hybridized carbons (Fsp3) is 0.789. The van der Waals surface area contributed by atoms with E-state index in [1.165, 1.54) is 0 Å². The van der Waals surface area contributed by atoms with Crippen LogP contribution in [0.3, 0.4) is 0 Å². The number of hydrogen-bond acceptors (Lipinski definition) is 3. The summed E-state index contributed by atoms with van der Waals surface area (Å²) in [6.45, 7) is 4.83. The number of nitrogens with zero attached hydrogens (tertiary/aromatic N) is 1. The maximum Gasteiger partial charge on any atom is 0.391 e. The minimum Gasteiger partial charge on any atom is -0.396 e. The van der Waals surface area contributed by atoms with Gasteiger partial charge in [-0.25, -0.2) is 0 Å². The van der Waals surface area contributed by atoms with Crippen LogP contribution in [0.1, 0.15) is 52.4 Å². The molecule has 1 heterocycles. The van der Waals surface area contributed by atoms with E-state index in [2.05, 4.69) is 0 Å². The van der Waals surface area contributed by atoms with Crippen LogP contribution in [0.25, 0.3) is 0 Å². The van der Waals surface area contributed by atoms with Gasteiger partial charge >= 0.3 is 6.18 Å². The van der Waals surface area contributed by atoms with E-state index in [1.54, 1.807) is 4.90 Å². The molecular weight excluding hydrogens is 345 g/mol. The number of Topliss-reactive ketones (excluding diaryl/α,β-unsaturated/α-hetero) is 1. The molecule has 1 spiro atoms. The minimum absolute atomic E-state index is 0.0350. The fourth-order valence-corrected chi connectivity index (χ4v) is 5.07. The van der Waals surface area contributed by atoms with Crippen molar-refractivity contribution in [3.8, 4) is 0 Å². The van der Waals surface area contributed by atoms with Crippen molar-refractivity contribution in [2.45, 2.75) is 58.5 Å². The third-order valence-electron chi connectivity index (χ3n) is 6.37. The van der Waals surface area contributed by atoms with Gasteiger partial charge in [0.15, 0.2) is 5.78 Å². The van der Waals surface area contributed by atoms with Crippen LogP contribution in [0.4, 0.5) is 13.2 Å². The van der Waals surface area contributed by atoms with Crippen molar-refractivity contribution in [1.29, 1.82) is 0 Å². The van der Waals surface area contributed by atoms with Crippen LogP contribution in [0.2, 0.25) is 0 Å². The standard InChI is InChI=1S/C19H27F3N2O2/c1-17(2)10-18(9-14(23)15(17)25)7-8-24(11-18)16(26)12-3-5-13(6-4-12)19(20,21)22/h9,12-13H,3-8,10-11,23H2,1-2H3/t12-,13-,18-/m0/s1. The number of allylic oxidation sites excluding steroid dienone is 1. The Bertz CT molecular complexity index is 633. The first kappa shape index (κ1) is 19.2. The molecule has 1 saturated heterocycles. The molecule has 2 fully saturated rings. The Morgan fingerprint density at radius 1 is 1.23 bits per heavy atom. The second kappa shape index (κ2) is 6.27. The van der Waals surface area contributed by atoms with E-state index in [-0.39, 0.29) is 41.6 Å². The van der Waals surface area contributed by atoms with Gasteiger partial charge in [0.05, 0.1) is 11.6 Å². The summed E-state index contributed by atoms with van der Waals surface area (Å²) < 4.78 is 38.4. The van der Waals surface area contributed by atoms with Crippen LogP contribution in [0.15, 0.2) is 11.8 Å². The second-order valence-electron chi connectivity index (χ2n) is 8.95. The van der Waals surface area contributed by atoms with Gasteiger partial charge in [0.2, 0.25) is 5.91 Å². The van der Waals surface area contributed by atoms with E-state index in [0.717, 1.165) is 6.42 Å². The molecule has 2 aliphatic carbocycles. The number of halogens is 3. The molecule has 0 radical (unpaired) electrons. The van der Waals surface area contributed by atoms with Crippen molar-refractivity contribution in [3.63, 3.8) is 0 Å². The number of hydrogen-bond donors (Lipinski definition) is 1. The molecule has 1 atom stereocenters. The number of ketones is 1. The molecule has 2 N–H and O–H groups in total. The Labute approximate surface area is 152 Å². The first-order valence-corrected chi connectivity index (χ1v) is 9.32. The number of nitrogens with two attached hydrogens (primary N) is 1. The number of carbonyl (C=O) groups excluding carboxylic acids is 2. The maximum absolute atomic E-state index is 12.8. The zero-order chi connectivity index (χ0) is 19.3. The number of amides is 1. The van der Waals surface area contributed by atoms with Gasteiger partial charge in [0, 0.05) is 29.8 Å². The Hall–Kier alpha value is -1.53. The third-order valence-corrected chi connectivity index (χ3v) is 6.37. The molecule has 1 amide bonds. The summed E-state index contributed by atoms with van der Waals surface area (Å²) in [6.07, 6.45) is -0.287. The van der Waals surface area contributed by atoms with Crippen molar-refractivity contribution in [1.82, 2.24) is 4.90 Å². The minimum atomic E-state index is -4.16. The number of likely N-dealkylation sites (tertiary alicyclic amines) is 1. The molecule has 4 nitrogen and oxygen atoms in total. The van der Waals surface area contributed by atoms with Gasteiger partial charge in [-0.2, -0.15) is 13.2 Å². The van der Waals surface area contributed by atoms with Gasteiger partial charge in [-0.1, -0.05) is 13.8 Å². The van der Waals surface area contributed by atoms with E-state index in [9.17, 15) is 22.8 Å². The van der Waals surface area contributed by atoms with Crippen molar-refractivity contribution < 1.29 is 22.8 Å². The summed E-state index contributed by atoms with van der Waals surface area (Å²) >= 11 is 0. The van der Waals surface area contributed by atoms with Gasteiger partial charge in [-0.15, -0.1) is 0 Å². The van der Waals surface area contributed by atoms with E-state index in [4.69, 9.17) is 5.73 Å². The van der Waals surface area contributed by atoms with E-state index < -0.39 is 17.5 Å². The molecule has 0 bridgehead atoms. The van der Waals surface area contributed by atoms with E-state index >= 15 is 0 Å². The highest BCUT2D eigenvalue weighted by molar-refractivity contribution is 5.99. The molecule has 146 valence electrons. The lowest BCUT2D eigenvalue weighted by atomic mass is 9.65. The lowest BCUT2D eigenvalue weighted by molar-refractivity contribution is -0.185. The van der Waals surface area contributed by atoms with Gasteiger partial charge in [-0.3, -0.25) is 9.59 Å². The smallest absolute Gasteiger partial charge is 0.391 e. The molecule has 0 aromatic rings. The lowest BCUT2D eigenvalue weighted by Crippen LogP contribution is -2.43. The molecule has 1 saturated carbocycles. The van der Waals surface area contributed by atoms with Crippen molar-refractivity contribution in [3.05, 3.63) is 11.8 Å². The molecule has 3 aliphatic rings. The topological polar surface area (TPSA) is 63.4 Å². The predicted octanol–water partition coefficient (Wildman–Crippen LogP) is 3.42. The zero-order valence-electron chi connectivity index (χ0n) is 15.4. The normalized spacial score (nSPS) is 34.9. The first-order chi connectivity index (χ1) is 11.9. The summed E-state index contributed by atoms with van der Waals surface area (Å²) in [5.41, 5.74) is 5.35. The van der Waals surface area contributed by atoms with E-state index in [0.29, 0.717) is 32.4 Å². The van der Waals surface area contributed by atoms with Crippen LogP contribution in [-0.2, 0) is 9.59 Å². The number of alkyl halides is 3. The lowest BCUT2D eigenvalue weighted by Gasteiger charge is -2.39. The predicted molar refractivity (Wildman–Crippen MR) is 90.8 cm³/mol. The third kappa shape index (κ3) is 3.49. The maximum atomic E-state index is 12.8. The first-order valence-electron chi connectivity index (χ1n) is 9.32. The van der Waals surface area contributed by atoms with Crippen molar-refractivity contribution in [2.24, 2.45) is 28.4 Å². The summed E-state index contributed by atoms with van der Waals surface area (Å²) in [5.74, 6) is -1.68. The molecule has 0 aromatic carbocycles. The second-order valence-corrected chi connectivity index (χ2v) is 8.95. The molecule has 0 aromatic heterocycles. The van der Waals surface area contributed by atoms with E-state index in [1.807, 2.05) is 19.9 Å². The summed E-state index contributed by atoms with van der Waals surface area (Å²) in [7, 11) is 0. The quantitative estimate of drug-likeness (QED) is 0.767. The molecule has 0 unspecified atom stereocenters. The van der Waals surface area contributed by atoms with Crippen LogP contribution in [-0.4, -0.2) is 35.9 Å². The van der Waals surface area contributed by atoms with Gasteiger partial charge in [0.25, 0.3) is 0 Å². The zero-order valence-corrected chi connectivity index (χ0v) is 15.4. The highest BCUT2D eigenvalue weighted by Gasteiger charge is 2.49.